The second kappa shape index (κ2) is 9.23. The summed E-state index contributed by atoms with van der Waals surface area (Å²) in [6, 6.07) is 39.3. The summed E-state index contributed by atoms with van der Waals surface area (Å²) in [6.07, 6.45) is 9.66. The molecule has 1 atom stereocenters. The highest BCUT2D eigenvalue weighted by atomic mass is 32.1. The fraction of sp³-hybridized carbons (Fsp3) is 0.0526. The highest BCUT2D eigenvalue weighted by Gasteiger charge is 2.19. The van der Waals surface area contributed by atoms with Gasteiger partial charge in [0.2, 0.25) is 0 Å². The Balaban J connectivity index is 1.28. The first-order valence-electron chi connectivity index (χ1n) is 14.4. The van der Waals surface area contributed by atoms with E-state index < -0.39 is 0 Å². The Bertz CT molecular complexity index is 2410. The highest BCUT2D eigenvalue weighted by Crippen LogP contribution is 2.41. The van der Waals surface area contributed by atoms with Crippen LogP contribution in [-0.2, 0) is 0 Å². The number of nitrogens with zero attached hydrogens (tertiary/aromatic N) is 3. The minimum Gasteiger partial charge on any atom is -0.309 e. The van der Waals surface area contributed by atoms with E-state index in [0.29, 0.717) is 0 Å². The maximum atomic E-state index is 5.21. The molecule has 3 nitrogen and oxygen atoms in total. The minimum atomic E-state index is 0.241. The Kier molecular flexibility index (Phi) is 5.19. The van der Waals surface area contributed by atoms with Crippen molar-refractivity contribution in [1.82, 2.24) is 14.5 Å². The number of allylic oxidation sites excluding steroid dienone is 4. The van der Waals surface area contributed by atoms with Crippen molar-refractivity contribution in [3.63, 3.8) is 0 Å². The highest BCUT2D eigenvalue weighted by molar-refractivity contribution is 7.25. The molecule has 0 fully saturated rings. The largest absolute Gasteiger partial charge is 0.309 e. The van der Waals surface area contributed by atoms with Crippen LogP contribution in [0.3, 0.4) is 0 Å². The molecule has 0 aliphatic heterocycles. The van der Waals surface area contributed by atoms with Crippen molar-refractivity contribution in [2.45, 2.75) is 12.3 Å². The quantitative estimate of drug-likeness (QED) is 0.217. The molecule has 0 N–H and O–H groups in total. The molecule has 3 heterocycles. The molecule has 5 aromatic carbocycles. The molecule has 3 aromatic heterocycles. The van der Waals surface area contributed by atoms with E-state index in [4.69, 9.17) is 9.97 Å². The summed E-state index contributed by atoms with van der Waals surface area (Å²) in [5.74, 6) is 1.01. The fourth-order valence-electron chi connectivity index (χ4n) is 6.55. The number of para-hydroxylation sites is 2. The molecule has 42 heavy (non-hydrogen) atoms. The summed E-state index contributed by atoms with van der Waals surface area (Å²) in [5, 5.41) is 6.28. The molecule has 9 rings (SSSR count). The Morgan fingerprint density at radius 2 is 1.45 bits per heavy atom. The van der Waals surface area contributed by atoms with Gasteiger partial charge in [0, 0.05) is 53.5 Å². The zero-order valence-corrected chi connectivity index (χ0v) is 23.6. The van der Waals surface area contributed by atoms with Crippen LogP contribution >= 0.6 is 11.3 Å². The fourth-order valence-corrected chi connectivity index (χ4v) is 7.67. The van der Waals surface area contributed by atoms with Gasteiger partial charge in [-0.2, -0.15) is 0 Å². The second-order valence-corrected chi connectivity index (χ2v) is 12.1. The molecule has 0 amide bonds. The van der Waals surface area contributed by atoms with Crippen molar-refractivity contribution in [1.29, 1.82) is 0 Å². The molecule has 8 aromatic rings. The first-order valence-corrected chi connectivity index (χ1v) is 15.2. The van der Waals surface area contributed by atoms with Crippen molar-refractivity contribution in [2.75, 3.05) is 0 Å². The third-order valence-corrected chi connectivity index (χ3v) is 9.63. The van der Waals surface area contributed by atoms with Gasteiger partial charge in [0.1, 0.15) is 0 Å². The zero-order chi connectivity index (χ0) is 27.6. The molecule has 0 saturated carbocycles. The van der Waals surface area contributed by atoms with Gasteiger partial charge in [0.05, 0.1) is 22.2 Å². The van der Waals surface area contributed by atoms with Crippen LogP contribution in [0.15, 0.2) is 133 Å². The Morgan fingerprint density at radius 3 is 2.36 bits per heavy atom. The predicted molar refractivity (Wildman–Crippen MR) is 178 cm³/mol. The Hall–Kier alpha value is -5.06. The topological polar surface area (TPSA) is 30.7 Å². The van der Waals surface area contributed by atoms with Gasteiger partial charge in [0.25, 0.3) is 0 Å². The average Bonchev–Trinajstić information content (AvgIpc) is 3.58. The van der Waals surface area contributed by atoms with Gasteiger partial charge in [0.15, 0.2) is 5.82 Å². The Morgan fingerprint density at radius 1 is 0.619 bits per heavy atom. The van der Waals surface area contributed by atoms with E-state index in [1.165, 1.54) is 42.0 Å². The van der Waals surface area contributed by atoms with Crippen molar-refractivity contribution in [3.8, 4) is 17.1 Å². The zero-order valence-electron chi connectivity index (χ0n) is 22.7. The van der Waals surface area contributed by atoms with Crippen molar-refractivity contribution in [2.24, 2.45) is 0 Å². The molecular weight excluding hydrogens is 531 g/mol. The van der Waals surface area contributed by atoms with E-state index in [1.54, 1.807) is 0 Å². The normalized spacial score (nSPS) is 15.1. The van der Waals surface area contributed by atoms with Crippen LogP contribution in [0.25, 0.3) is 70.0 Å². The molecule has 0 spiro atoms. The number of hydrogen-bond acceptors (Lipinski definition) is 3. The number of aromatic nitrogens is 3. The summed E-state index contributed by atoms with van der Waals surface area (Å²) < 4.78 is 5.05. The summed E-state index contributed by atoms with van der Waals surface area (Å²) in [6.45, 7) is 0. The van der Waals surface area contributed by atoms with Crippen LogP contribution in [0.1, 0.15) is 18.0 Å². The van der Waals surface area contributed by atoms with Gasteiger partial charge in [-0.05, 0) is 48.9 Å². The van der Waals surface area contributed by atoms with E-state index in [-0.39, 0.29) is 5.92 Å². The smallest absolute Gasteiger partial charge is 0.160 e. The lowest BCUT2D eigenvalue weighted by Crippen LogP contribution is -2.04. The van der Waals surface area contributed by atoms with Gasteiger partial charge >= 0.3 is 0 Å². The minimum absolute atomic E-state index is 0.241. The van der Waals surface area contributed by atoms with Crippen molar-refractivity contribution in [3.05, 3.63) is 139 Å². The van der Waals surface area contributed by atoms with E-state index >= 15 is 0 Å². The maximum Gasteiger partial charge on any atom is 0.160 e. The van der Waals surface area contributed by atoms with Gasteiger partial charge in [-0.3, -0.25) is 0 Å². The monoisotopic (exact) mass is 555 g/mol. The molecule has 1 unspecified atom stereocenters. The summed E-state index contributed by atoms with van der Waals surface area (Å²) >= 11 is 1.87. The van der Waals surface area contributed by atoms with E-state index in [1.807, 2.05) is 11.3 Å². The molecule has 0 saturated heterocycles. The molecule has 4 heteroatoms. The first kappa shape index (κ1) is 23.6. The molecule has 198 valence electrons. The lowest BCUT2D eigenvalue weighted by atomic mass is 9.94. The van der Waals surface area contributed by atoms with Crippen LogP contribution < -0.4 is 0 Å². The third kappa shape index (κ3) is 3.59. The number of benzene rings is 5. The SMILES string of the molecule is C1=CCC(c2nc(-c3cccc(-n4c5ccccc5c5cc6sc7ccccc7c6cc54)c3)nc3ccccc23)C=C1. The number of thiophene rings is 1. The van der Waals surface area contributed by atoms with Crippen LogP contribution in [0.5, 0.6) is 0 Å². The second-order valence-electron chi connectivity index (χ2n) is 11.0. The summed E-state index contributed by atoms with van der Waals surface area (Å²) in [4.78, 5) is 10.3. The average molecular weight is 556 g/mol. The standard InChI is InChI=1S/C38H25N3S/c1-2-11-24(12-3-1)37-29-17-4-7-18-32(29)39-38(40-37)25-13-10-14-26(21-25)41-33-19-8-5-15-27(33)30-23-36-31(22-34(30)41)28-16-6-9-20-35(28)42-36/h1-11,13-24H,12H2. The van der Waals surface area contributed by atoms with Gasteiger partial charge in [-0.1, -0.05) is 91.0 Å². The molecular formula is C38H25N3S. The van der Waals surface area contributed by atoms with Crippen LogP contribution in [0.2, 0.25) is 0 Å². The van der Waals surface area contributed by atoms with E-state index in [2.05, 4.69) is 138 Å². The first-order chi connectivity index (χ1) is 20.8. The molecule has 0 bridgehead atoms. The molecule has 1 aliphatic rings. The summed E-state index contributed by atoms with van der Waals surface area (Å²) in [5.41, 5.74) is 6.60. The van der Waals surface area contributed by atoms with Crippen molar-refractivity contribution >= 4 is 64.2 Å². The number of fused-ring (bicyclic) bond motifs is 7. The number of rotatable bonds is 3. The van der Waals surface area contributed by atoms with Gasteiger partial charge < -0.3 is 4.57 Å². The predicted octanol–water partition coefficient (Wildman–Crippen LogP) is 10.4. The van der Waals surface area contributed by atoms with E-state index in [9.17, 15) is 0 Å². The van der Waals surface area contributed by atoms with E-state index in [0.717, 1.165) is 40.1 Å². The van der Waals surface area contributed by atoms with Crippen LogP contribution in [0.4, 0.5) is 0 Å². The van der Waals surface area contributed by atoms with Crippen LogP contribution in [-0.4, -0.2) is 14.5 Å². The molecule has 1 aliphatic carbocycles. The third-order valence-electron chi connectivity index (χ3n) is 8.50. The van der Waals surface area contributed by atoms with Gasteiger partial charge in [-0.15, -0.1) is 11.3 Å². The maximum absolute atomic E-state index is 5.21. The van der Waals surface area contributed by atoms with Crippen molar-refractivity contribution < 1.29 is 0 Å². The van der Waals surface area contributed by atoms with Gasteiger partial charge in [-0.25, -0.2) is 9.97 Å². The lowest BCUT2D eigenvalue weighted by Gasteiger charge is -2.16. The lowest BCUT2D eigenvalue weighted by molar-refractivity contribution is 0.823. The molecule has 0 radical (unpaired) electrons. The summed E-state index contributed by atoms with van der Waals surface area (Å²) in [7, 11) is 0. The number of hydrogen-bond donors (Lipinski definition) is 0. The van der Waals surface area contributed by atoms with Crippen LogP contribution in [0, 0.1) is 0 Å². The Labute approximate surface area is 246 Å².